The molecular weight excluding hydrogens is 636 g/mol. The Hall–Kier alpha value is -3.92. The van der Waals surface area contributed by atoms with Gasteiger partial charge in [-0.3, -0.25) is 13.9 Å². The molecule has 236 valence electrons. The highest BCUT2D eigenvalue weighted by Gasteiger charge is 2.36. The Morgan fingerprint density at radius 1 is 0.844 bits per heavy atom. The lowest BCUT2D eigenvalue weighted by atomic mass is 10.0. The molecule has 0 saturated carbocycles. The minimum absolute atomic E-state index is 0.109. The summed E-state index contributed by atoms with van der Waals surface area (Å²) in [5.41, 5.74) is 1.66. The van der Waals surface area contributed by atoms with Crippen LogP contribution in [0.1, 0.15) is 30.5 Å². The minimum Gasteiger partial charge on any atom is -0.352 e. The van der Waals surface area contributed by atoms with Gasteiger partial charge in [0.2, 0.25) is 11.8 Å². The van der Waals surface area contributed by atoms with Crippen LogP contribution in [0.2, 0.25) is 10.0 Å². The number of halogens is 3. The van der Waals surface area contributed by atoms with Crippen molar-refractivity contribution in [3.63, 3.8) is 0 Å². The third-order valence-corrected chi connectivity index (χ3v) is 9.58. The van der Waals surface area contributed by atoms with Gasteiger partial charge in [0.15, 0.2) is 0 Å². The van der Waals surface area contributed by atoms with Gasteiger partial charge in [0, 0.05) is 34.6 Å². The van der Waals surface area contributed by atoms with Gasteiger partial charge in [0.1, 0.15) is 18.4 Å². The summed E-state index contributed by atoms with van der Waals surface area (Å²) in [6.07, 6.45) is 0.109. The Labute approximate surface area is 273 Å². The molecule has 4 aromatic carbocycles. The van der Waals surface area contributed by atoms with Crippen LogP contribution in [0.3, 0.4) is 0 Å². The molecule has 11 heteroatoms. The van der Waals surface area contributed by atoms with Gasteiger partial charge in [-0.05, 0) is 62.7 Å². The molecule has 0 heterocycles. The van der Waals surface area contributed by atoms with Crippen molar-refractivity contribution in [3.05, 3.63) is 130 Å². The van der Waals surface area contributed by atoms with Crippen LogP contribution < -0.4 is 9.62 Å². The van der Waals surface area contributed by atoms with Gasteiger partial charge >= 0.3 is 0 Å². The summed E-state index contributed by atoms with van der Waals surface area (Å²) >= 11 is 13.0. The predicted octanol–water partition coefficient (Wildman–Crippen LogP) is 6.80. The highest BCUT2D eigenvalue weighted by Crippen LogP contribution is 2.30. The molecule has 4 aromatic rings. The van der Waals surface area contributed by atoms with E-state index in [0.29, 0.717) is 5.56 Å². The number of nitrogens with zero attached hydrogens (tertiary/aromatic N) is 2. The summed E-state index contributed by atoms with van der Waals surface area (Å²) in [7, 11) is -4.44. The average Bonchev–Trinajstić information content (AvgIpc) is 2.99. The van der Waals surface area contributed by atoms with Crippen molar-refractivity contribution in [1.82, 2.24) is 10.2 Å². The third kappa shape index (κ3) is 8.42. The fraction of sp³-hybridized carbons (Fsp3) is 0.235. The SMILES string of the molecule is Cc1ccc(S(=O)(=O)N(CC(=O)N(Cc2c(Cl)cccc2Cl)[C@@H](Cc2ccccc2)C(=O)NC(C)C)c2ccccc2F)cc1. The fourth-order valence-electron chi connectivity index (χ4n) is 4.79. The number of benzene rings is 4. The number of para-hydroxylation sites is 1. The Morgan fingerprint density at radius 2 is 1.44 bits per heavy atom. The van der Waals surface area contributed by atoms with Gasteiger partial charge in [-0.15, -0.1) is 0 Å². The van der Waals surface area contributed by atoms with Gasteiger partial charge in [-0.2, -0.15) is 0 Å². The van der Waals surface area contributed by atoms with E-state index in [-0.39, 0.29) is 39.6 Å². The highest BCUT2D eigenvalue weighted by atomic mass is 35.5. The first-order valence-corrected chi connectivity index (χ1v) is 16.5. The maximum atomic E-state index is 15.2. The molecule has 45 heavy (non-hydrogen) atoms. The molecule has 0 radical (unpaired) electrons. The minimum atomic E-state index is -4.44. The molecule has 0 unspecified atom stereocenters. The molecule has 2 amide bonds. The van der Waals surface area contributed by atoms with Gasteiger partial charge in [-0.25, -0.2) is 12.8 Å². The second-order valence-electron chi connectivity index (χ2n) is 10.9. The van der Waals surface area contributed by atoms with E-state index in [1.54, 1.807) is 51.1 Å². The Balaban J connectivity index is 1.85. The number of hydrogen-bond acceptors (Lipinski definition) is 4. The Morgan fingerprint density at radius 3 is 2.04 bits per heavy atom. The molecule has 7 nitrogen and oxygen atoms in total. The van der Waals surface area contributed by atoms with Gasteiger partial charge in [-0.1, -0.05) is 89.4 Å². The largest absolute Gasteiger partial charge is 0.352 e. The number of sulfonamides is 1. The van der Waals surface area contributed by atoms with Crippen molar-refractivity contribution in [2.75, 3.05) is 10.8 Å². The highest BCUT2D eigenvalue weighted by molar-refractivity contribution is 7.92. The number of carbonyl (C=O) groups is 2. The third-order valence-electron chi connectivity index (χ3n) is 7.10. The van der Waals surface area contributed by atoms with Crippen molar-refractivity contribution < 1.29 is 22.4 Å². The zero-order valence-electron chi connectivity index (χ0n) is 25.1. The number of carbonyl (C=O) groups excluding carboxylic acids is 2. The van der Waals surface area contributed by atoms with Crippen LogP contribution in [0.5, 0.6) is 0 Å². The van der Waals surface area contributed by atoms with Crippen LogP contribution in [0.15, 0.2) is 102 Å². The Bertz CT molecular complexity index is 1730. The van der Waals surface area contributed by atoms with E-state index in [9.17, 15) is 18.0 Å². The molecule has 4 rings (SSSR count). The number of rotatable bonds is 12. The predicted molar refractivity (Wildman–Crippen MR) is 176 cm³/mol. The molecule has 0 saturated heterocycles. The quantitative estimate of drug-likeness (QED) is 0.180. The topological polar surface area (TPSA) is 86.8 Å². The summed E-state index contributed by atoms with van der Waals surface area (Å²) in [6, 6.07) is 24.0. The molecule has 0 aliphatic carbocycles. The zero-order chi connectivity index (χ0) is 32.7. The monoisotopic (exact) mass is 669 g/mol. The molecule has 0 fully saturated rings. The van der Waals surface area contributed by atoms with Crippen LogP contribution in [0.4, 0.5) is 10.1 Å². The number of hydrogen-bond donors (Lipinski definition) is 1. The van der Waals surface area contributed by atoms with Gasteiger partial charge in [0.05, 0.1) is 10.6 Å². The van der Waals surface area contributed by atoms with Crippen molar-refractivity contribution in [2.24, 2.45) is 0 Å². The molecule has 0 bridgehead atoms. The van der Waals surface area contributed by atoms with Crippen LogP contribution in [0.25, 0.3) is 0 Å². The second kappa shape index (κ2) is 14.9. The molecule has 0 aromatic heterocycles. The number of nitrogens with one attached hydrogen (secondary N) is 1. The molecular formula is C34H34Cl2FN3O4S. The lowest BCUT2D eigenvalue weighted by Gasteiger charge is -2.34. The van der Waals surface area contributed by atoms with E-state index in [2.05, 4.69) is 5.32 Å². The Kier molecular flexibility index (Phi) is 11.3. The molecule has 1 atom stereocenters. The standard InChI is InChI=1S/C34H34Cl2FN3O4S/c1-23(2)38-34(42)32(20-25-10-5-4-6-11-25)39(21-27-28(35)12-9-13-29(27)36)33(41)22-40(31-15-8-7-14-30(31)37)45(43,44)26-18-16-24(3)17-19-26/h4-19,23,32H,20-22H2,1-3H3,(H,38,42)/t32-/m0/s1. The van der Waals surface area contributed by atoms with E-state index < -0.39 is 40.2 Å². The molecule has 1 N–H and O–H groups in total. The maximum absolute atomic E-state index is 15.2. The summed E-state index contributed by atoms with van der Waals surface area (Å²) in [6.45, 7) is 4.38. The molecule has 0 aliphatic heterocycles. The lowest BCUT2D eigenvalue weighted by Crippen LogP contribution is -2.54. The molecule has 0 aliphatic rings. The second-order valence-corrected chi connectivity index (χ2v) is 13.5. The molecule has 0 spiro atoms. The van der Waals surface area contributed by atoms with Crippen molar-refractivity contribution in [3.8, 4) is 0 Å². The van der Waals surface area contributed by atoms with Crippen molar-refractivity contribution in [1.29, 1.82) is 0 Å². The van der Waals surface area contributed by atoms with Crippen LogP contribution in [0, 0.1) is 12.7 Å². The van der Waals surface area contributed by atoms with Crippen LogP contribution in [-0.2, 0) is 32.6 Å². The first-order valence-electron chi connectivity index (χ1n) is 14.3. The van der Waals surface area contributed by atoms with Crippen LogP contribution >= 0.6 is 23.2 Å². The summed E-state index contributed by atoms with van der Waals surface area (Å²) in [4.78, 5) is 29.3. The number of amides is 2. The first-order chi connectivity index (χ1) is 21.4. The first kappa shape index (κ1) is 34.0. The average molecular weight is 671 g/mol. The zero-order valence-corrected chi connectivity index (χ0v) is 27.4. The van der Waals surface area contributed by atoms with E-state index in [1.165, 1.54) is 35.2 Å². The normalized spacial score (nSPS) is 12.1. The summed E-state index contributed by atoms with van der Waals surface area (Å²) in [5, 5.41) is 3.41. The summed E-state index contributed by atoms with van der Waals surface area (Å²) in [5.74, 6) is -2.05. The number of aryl methyl sites for hydroxylation is 1. The smallest absolute Gasteiger partial charge is 0.264 e. The van der Waals surface area contributed by atoms with Gasteiger partial charge in [0.25, 0.3) is 10.0 Å². The van der Waals surface area contributed by atoms with Crippen LogP contribution in [-0.4, -0.2) is 43.8 Å². The van der Waals surface area contributed by atoms with Crippen molar-refractivity contribution in [2.45, 2.75) is 50.7 Å². The van der Waals surface area contributed by atoms with Gasteiger partial charge < -0.3 is 10.2 Å². The van der Waals surface area contributed by atoms with Crippen molar-refractivity contribution >= 4 is 50.7 Å². The van der Waals surface area contributed by atoms with E-state index in [4.69, 9.17) is 23.2 Å². The lowest BCUT2D eigenvalue weighted by molar-refractivity contribution is -0.140. The van der Waals surface area contributed by atoms with E-state index in [1.807, 2.05) is 30.3 Å². The van der Waals surface area contributed by atoms with E-state index in [0.717, 1.165) is 21.5 Å². The van der Waals surface area contributed by atoms with E-state index >= 15 is 4.39 Å². The summed E-state index contributed by atoms with van der Waals surface area (Å²) < 4.78 is 44.0. The maximum Gasteiger partial charge on any atom is 0.264 e. The number of anilines is 1. The fourth-order valence-corrected chi connectivity index (χ4v) is 6.73.